The largest absolute Gasteiger partial charge is 0.294 e. The predicted molar refractivity (Wildman–Crippen MR) is 86.1 cm³/mol. The van der Waals surface area contributed by atoms with E-state index in [-0.39, 0.29) is 5.56 Å². The Morgan fingerprint density at radius 3 is 2.57 bits per heavy atom. The average Bonchev–Trinajstić information content (AvgIpc) is 2.82. The van der Waals surface area contributed by atoms with Crippen molar-refractivity contribution in [2.75, 3.05) is 0 Å². The highest BCUT2D eigenvalue weighted by molar-refractivity contribution is 7.94. The standard InChI is InChI=1S/C15H15N3O4S/c1-8-9(2)17-18-14(8)16-10(3)13(15(18)19)11-4-6-12(7-5-11)23-22-21-20/h4-7,17,20H,1-3H3. The summed E-state index contributed by atoms with van der Waals surface area (Å²) >= 11 is 0.863. The third-order valence-electron chi connectivity index (χ3n) is 3.75. The smallest absolute Gasteiger partial charge is 0.280 e. The highest BCUT2D eigenvalue weighted by Gasteiger charge is 2.15. The normalized spacial score (nSPS) is 11.3. The fourth-order valence-electron chi connectivity index (χ4n) is 2.47. The summed E-state index contributed by atoms with van der Waals surface area (Å²) in [5.41, 5.74) is 4.36. The van der Waals surface area contributed by atoms with E-state index in [2.05, 4.69) is 19.5 Å². The van der Waals surface area contributed by atoms with E-state index in [0.717, 1.165) is 33.8 Å². The fourth-order valence-corrected chi connectivity index (χ4v) is 2.82. The molecular formula is C15H15N3O4S. The van der Waals surface area contributed by atoms with E-state index < -0.39 is 0 Å². The van der Waals surface area contributed by atoms with Gasteiger partial charge in [0.15, 0.2) is 5.65 Å². The molecule has 2 heterocycles. The van der Waals surface area contributed by atoms with Crippen molar-refractivity contribution in [3.8, 4) is 11.1 Å². The first-order chi connectivity index (χ1) is 11.0. The Bertz CT molecular complexity index is 915. The summed E-state index contributed by atoms with van der Waals surface area (Å²) in [7, 11) is 0. The second-order valence-electron chi connectivity index (χ2n) is 5.15. The van der Waals surface area contributed by atoms with Gasteiger partial charge in [-0.25, -0.2) is 14.8 Å². The zero-order chi connectivity index (χ0) is 16.6. The molecule has 3 aromatic rings. The molecule has 1 aromatic carbocycles. The molecule has 0 radical (unpaired) electrons. The summed E-state index contributed by atoms with van der Waals surface area (Å²) < 4.78 is 5.85. The molecule has 3 rings (SSSR count). The Balaban J connectivity index is 2.11. The molecule has 120 valence electrons. The van der Waals surface area contributed by atoms with E-state index in [4.69, 9.17) is 5.26 Å². The number of nitrogens with zero attached hydrogens (tertiary/aromatic N) is 2. The lowest BCUT2D eigenvalue weighted by molar-refractivity contribution is -0.432. The van der Waals surface area contributed by atoms with E-state index in [1.165, 1.54) is 4.52 Å². The number of nitrogens with one attached hydrogen (secondary N) is 1. The lowest BCUT2D eigenvalue weighted by atomic mass is 10.1. The van der Waals surface area contributed by atoms with Crippen LogP contribution in [0.4, 0.5) is 0 Å². The number of aryl methyl sites for hydroxylation is 3. The molecule has 7 nitrogen and oxygen atoms in total. The first-order valence-electron chi connectivity index (χ1n) is 6.86. The van der Waals surface area contributed by atoms with Gasteiger partial charge in [-0.3, -0.25) is 9.89 Å². The quantitative estimate of drug-likeness (QED) is 0.433. The minimum Gasteiger partial charge on any atom is -0.294 e. The number of rotatable bonds is 4. The van der Waals surface area contributed by atoms with Crippen molar-refractivity contribution in [3.05, 3.63) is 51.6 Å². The van der Waals surface area contributed by atoms with Gasteiger partial charge in [-0.05, 0) is 38.5 Å². The van der Waals surface area contributed by atoms with Crippen molar-refractivity contribution in [2.45, 2.75) is 25.7 Å². The highest BCUT2D eigenvalue weighted by atomic mass is 32.2. The van der Waals surface area contributed by atoms with Gasteiger partial charge in [0.2, 0.25) is 0 Å². The number of aromatic nitrogens is 3. The van der Waals surface area contributed by atoms with E-state index in [0.29, 0.717) is 16.9 Å². The average molecular weight is 333 g/mol. The SMILES string of the molecule is Cc1nc2c(C)c(C)[nH]n2c(=O)c1-c1ccc(SOOO)cc1. The third kappa shape index (κ3) is 2.77. The molecular weight excluding hydrogens is 318 g/mol. The number of aromatic amines is 1. The molecule has 0 saturated heterocycles. The summed E-state index contributed by atoms with van der Waals surface area (Å²) in [4.78, 5) is 18.1. The van der Waals surface area contributed by atoms with Crippen molar-refractivity contribution in [1.29, 1.82) is 0 Å². The Morgan fingerprint density at radius 1 is 1.22 bits per heavy atom. The van der Waals surface area contributed by atoms with Gasteiger partial charge in [0.25, 0.3) is 5.56 Å². The third-order valence-corrected chi connectivity index (χ3v) is 4.34. The molecule has 0 aliphatic carbocycles. The molecule has 2 N–H and O–H groups in total. The van der Waals surface area contributed by atoms with Crippen LogP contribution in [-0.4, -0.2) is 19.9 Å². The van der Waals surface area contributed by atoms with Crippen LogP contribution in [0.2, 0.25) is 0 Å². The van der Waals surface area contributed by atoms with Crippen LogP contribution >= 0.6 is 12.0 Å². The molecule has 23 heavy (non-hydrogen) atoms. The summed E-state index contributed by atoms with van der Waals surface area (Å²) in [5, 5.41) is 14.8. The molecule has 0 bridgehead atoms. The van der Waals surface area contributed by atoms with E-state index in [1.807, 2.05) is 20.8 Å². The topological polar surface area (TPSA) is 88.9 Å². The minimum atomic E-state index is -0.140. The van der Waals surface area contributed by atoms with Gasteiger partial charge >= 0.3 is 0 Å². The molecule has 0 spiro atoms. The first-order valence-corrected chi connectivity index (χ1v) is 7.61. The van der Waals surface area contributed by atoms with Gasteiger partial charge in [-0.1, -0.05) is 17.2 Å². The van der Waals surface area contributed by atoms with Gasteiger partial charge in [0.05, 0.1) is 23.3 Å². The number of benzene rings is 1. The molecule has 2 aromatic heterocycles. The second-order valence-corrected chi connectivity index (χ2v) is 5.92. The van der Waals surface area contributed by atoms with Crippen molar-refractivity contribution in [1.82, 2.24) is 14.6 Å². The van der Waals surface area contributed by atoms with Gasteiger partial charge < -0.3 is 0 Å². The Kier molecular flexibility index (Phi) is 4.22. The van der Waals surface area contributed by atoms with Gasteiger partial charge in [0, 0.05) is 16.2 Å². The Labute approximate surface area is 135 Å². The molecule has 0 amide bonds. The lowest BCUT2D eigenvalue weighted by Crippen LogP contribution is -2.19. The number of H-pyrrole nitrogens is 1. The molecule has 8 heteroatoms. The van der Waals surface area contributed by atoms with Gasteiger partial charge in [-0.15, -0.1) is 4.33 Å². The maximum atomic E-state index is 12.8. The van der Waals surface area contributed by atoms with Crippen LogP contribution < -0.4 is 5.56 Å². The lowest BCUT2D eigenvalue weighted by Gasteiger charge is -2.06. The molecule has 0 unspecified atom stereocenters. The maximum absolute atomic E-state index is 12.8. The van der Waals surface area contributed by atoms with Crippen LogP contribution in [0.1, 0.15) is 17.0 Å². The first kappa shape index (κ1) is 15.8. The summed E-state index contributed by atoms with van der Waals surface area (Å²) in [5.74, 6) is 0. The minimum absolute atomic E-state index is 0.140. The van der Waals surface area contributed by atoms with E-state index in [9.17, 15) is 4.79 Å². The zero-order valence-corrected chi connectivity index (χ0v) is 13.6. The summed E-state index contributed by atoms with van der Waals surface area (Å²) in [6.07, 6.45) is 0. The molecule has 0 fully saturated rings. The molecule has 0 aliphatic rings. The monoisotopic (exact) mass is 333 g/mol. The van der Waals surface area contributed by atoms with E-state index >= 15 is 0 Å². The number of hydrogen-bond donors (Lipinski definition) is 2. The van der Waals surface area contributed by atoms with Crippen LogP contribution in [0.5, 0.6) is 0 Å². The zero-order valence-electron chi connectivity index (χ0n) is 12.8. The summed E-state index contributed by atoms with van der Waals surface area (Å²) in [6, 6.07) is 7.11. The summed E-state index contributed by atoms with van der Waals surface area (Å²) in [6.45, 7) is 5.67. The van der Waals surface area contributed by atoms with Gasteiger partial charge in [-0.2, -0.15) is 0 Å². The van der Waals surface area contributed by atoms with Crippen LogP contribution in [0.3, 0.4) is 0 Å². The number of fused-ring (bicyclic) bond motifs is 1. The van der Waals surface area contributed by atoms with Crippen molar-refractivity contribution >= 4 is 17.7 Å². The van der Waals surface area contributed by atoms with Gasteiger partial charge in [0.1, 0.15) is 0 Å². The van der Waals surface area contributed by atoms with Crippen LogP contribution in [0.25, 0.3) is 16.8 Å². The van der Waals surface area contributed by atoms with E-state index in [1.54, 1.807) is 24.3 Å². The van der Waals surface area contributed by atoms with Crippen molar-refractivity contribution < 1.29 is 14.6 Å². The molecule has 0 atom stereocenters. The predicted octanol–water partition coefficient (Wildman–Crippen LogP) is 3.04. The molecule has 0 aliphatic heterocycles. The fraction of sp³-hybridized carbons (Fsp3) is 0.200. The van der Waals surface area contributed by atoms with Crippen molar-refractivity contribution in [2.24, 2.45) is 0 Å². The Morgan fingerprint density at radius 2 is 1.91 bits per heavy atom. The van der Waals surface area contributed by atoms with Crippen molar-refractivity contribution in [3.63, 3.8) is 0 Å². The van der Waals surface area contributed by atoms with Crippen LogP contribution in [0, 0.1) is 20.8 Å². The highest BCUT2D eigenvalue weighted by Crippen LogP contribution is 2.25. The van der Waals surface area contributed by atoms with Crippen LogP contribution in [0.15, 0.2) is 34.0 Å². The maximum Gasteiger partial charge on any atom is 0.280 e. The molecule has 0 saturated carbocycles. The number of hydrogen-bond acceptors (Lipinski definition) is 6. The van der Waals surface area contributed by atoms with Crippen LogP contribution in [-0.2, 0) is 9.37 Å². The Hall–Kier alpha value is -2.13. The second kappa shape index (κ2) is 6.17.